The third-order valence-electron chi connectivity index (χ3n) is 7.81. The SMILES string of the molecule is NC(=O)[C@@H]1CCCN1C(=O)c1ccc(O)cc1OC[C@@H](O)CN1CCC2(CC1)Cc1cc(Cl)ccc1O2.O=C(O)C(F)(F)F. The molecule has 3 aliphatic heterocycles. The number of piperidine rings is 1. The number of amides is 2. The third-order valence-corrected chi connectivity index (χ3v) is 8.04. The molecule has 0 bridgehead atoms. The molecule has 3 aliphatic rings. The number of likely N-dealkylation sites (tertiary alicyclic amines) is 2. The normalized spacial score (nSPS) is 19.8. The predicted molar refractivity (Wildman–Crippen MR) is 151 cm³/mol. The fourth-order valence-corrected chi connectivity index (χ4v) is 5.82. The number of carboxylic acid groups (broad SMARTS) is 1. The van der Waals surface area contributed by atoms with Crippen LogP contribution in [0.1, 0.15) is 41.6 Å². The van der Waals surface area contributed by atoms with Gasteiger partial charge in [0.1, 0.15) is 41.6 Å². The van der Waals surface area contributed by atoms with Crippen LogP contribution in [-0.4, -0.2) is 99.6 Å². The topological polar surface area (TPSA) is 163 Å². The van der Waals surface area contributed by atoms with Crippen LogP contribution in [0.5, 0.6) is 17.2 Å². The number of hydrogen-bond acceptors (Lipinski definition) is 8. The number of primary amides is 1. The number of nitrogens with two attached hydrogens (primary N) is 1. The Morgan fingerprint density at radius 3 is 2.45 bits per heavy atom. The summed E-state index contributed by atoms with van der Waals surface area (Å²) >= 11 is 6.14. The minimum absolute atomic E-state index is 0.0505. The summed E-state index contributed by atoms with van der Waals surface area (Å²) in [6, 6.07) is 9.30. The number of alkyl halides is 3. The molecule has 1 spiro atoms. The average molecular weight is 644 g/mol. The minimum atomic E-state index is -5.08. The predicted octanol–water partition coefficient (Wildman–Crippen LogP) is 2.98. The molecule has 3 heterocycles. The van der Waals surface area contributed by atoms with E-state index in [0.29, 0.717) is 31.0 Å². The van der Waals surface area contributed by atoms with Crippen LogP contribution in [0.25, 0.3) is 0 Å². The van der Waals surface area contributed by atoms with Crippen LogP contribution in [0.3, 0.4) is 0 Å². The van der Waals surface area contributed by atoms with Gasteiger partial charge in [0.2, 0.25) is 5.91 Å². The van der Waals surface area contributed by atoms with E-state index in [4.69, 9.17) is 36.7 Å². The number of aliphatic hydroxyl groups is 1. The van der Waals surface area contributed by atoms with E-state index >= 15 is 0 Å². The maximum Gasteiger partial charge on any atom is 0.490 e. The number of fused-ring (bicyclic) bond motifs is 1. The molecule has 240 valence electrons. The van der Waals surface area contributed by atoms with Crippen molar-refractivity contribution in [1.82, 2.24) is 9.80 Å². The maximum absolute atomic E-state index is 13.1. The van der Waals surface area contributed by atoms with Crippen LogP contribution in [0, 0.1) is 0 Å². The Labute approximate surface area is 255 Å². The molecule has 0 saturated carbocycles. The van der Waals surface area contributed by atoms with Gasteiger partial charge in [0.05, 0.1) is 5.56 Å². The second kappa shape index (κ2) is 13.5. The van der Waals surface area contributed by atoms with Gasteiger partial charge in [-0.05, 0) is 48.7 Å². The number of carboxylic acids is 1. The van der Waals surface area contributed by atoms with Gasteiger partial charge in [0.15, 0.2) is 0 Å². The molecule has 0 radical (unpaired) electrons. The van der Waals surface area contributed by atoms with E-state index in [1.165, 1.54) is 23.1 Å². The molecule has 2 aromatic rings. The second-order valence-electron chi connectivity index (χ2n) is 11.0. The molecule has 0 aromatic heterocycles. The first-order valence-corrected chi connectivity index (χ1v) is 14.3. The zero-order valence-electron chi connectivity index (χ0n) is 23.6. The van der Waals surface area contributed by atoms with Crippen LogP contribution in [0.2, 0.25) is 5.02 Å². The van der Waals surface area contributed by atoms with Gasteiger partial charge in [-0.1, -0.05) is 11.6 Å². The Bertz CT molecular complexity index is 1380. The van der Waals surface area contributed by atoms with Crippen molar-refractivity contribution in [3.63, 3.8) is 0 Å². The van der Waals surface area contributed by atoms with Gasteiger partial charge in [-0.25, -0.2) is 4.79 Å². The lowest BCUT2D eigenvalue weighted by atomic mass is 9.87. The Morgan fingerprint density at radius 2 is 1.82 bits per heavy atom. The number of aliphatic carboxylic acids is 1. The van der Waals surface area contributed by atoms with Crippen LogP contribution >= 0.6 is 11.6 Å². The molecule has 5 rings (SSSR count). The molecular weight excluding hydrogens is 611 g/mol. The van der Waals surface area contributed by atoms with Crippen LogP contribution in [0.15, 0.2) is 36.4 Å². The van der Waals surface area contributed by atoms with Crippen molar-refractivity contribution < 1.29 is 52.3 Å². The lowest BCUT2D eigenvalue weighted by Crippen LogP contribution is -2.49. The van der Waals surface area contributed by atoms with Crippen molar-refractivity contribution in [2.24, 2.45) is 5.73 Å². The Morgan fingerprint density at radius 1 is 1.14 bits per heavy atom. The number of rotatable bonds is 7. The summed E-state index contributed by atoms with van der Waals surface area (Å²) in [5, 5.41) is 28.5. The number of aromatic hydroxyl groups is 1. The number of carbonyl (C=O) groups is 3. The number of phenolic OH excluding ortho intramolecular Hbond substituents is 1. The third kappa shape index (κ3) is 8.04. The average Bonchev–Trinajstić information content (AvgIpc) is 3.58. The quantitative estimate of drug-likeness (QED) is 0.355. The van der Waals surface area contributed by atoms with Gasteiger partial charge in [-0.15, -0.1) is 0 Å². The summed E-state index contributed by atoms with van der Waals surface area (Å²) < 4.78 is 43.8. The van der Waals surface area contributed by atoms with E-state index in [-0.39, 0.29) is 35.2 Å². The van der Waals surface area contributed by atoms with Crippen molar-refractivity contribution >= 4 is 29.4 Å². The number of phenols is 1. The van der Waals surface area contributed by atoms with E-state index in [0.717, 1.165) is 43.7 Å². The molecule has 2 atom stereocenters. The number of hydrogen-bond donors (Lipinski definition) is 4. The summed E-state index contributed by atoms with van der Waals surface area (Å²) in [5.74, 6) is -2.68. The molecule has 44 heavy (non-hydrogen) atoms. The molecular formula is C29H33ClF3N3O8. The highest BCUT2D eigenvalue weighted by atomic mass is 35.5. The van der Waals surface area contributed by atoms with E-state index in [9.17, 15) is 33.0 Å². The van der Waals surface area contributed by atoms with Gasteiger partial charge in [0, 0.05) is 56.5 Å². The molecule has 2 amide bonds. The Balaban J connectivity index is 0.000000566. The summed E-state index contributed by atoms with van der Waals surface area (Å²) in [6.07, 6.45) is -2.15. The zero-order chi connectivity index (χ0) is 32.2. The van der Waals surface area contributed by atoms with E-state index in [1.807, 2.05) is 18.2 Å². The zero-order valence-corrected chi connectivity index (χ0v) is 24.3. The number of carbonyl (C=O) groups excluding carboxylic acids is 2. The van der Waals surface area contributed by atoms with Crippen molar-refractivity contribution in [2.45, 2.75) is 56.0 Å². The first-order chi connectivity index (χ1) is 20.7. The van der Waals surface area contributed by atoms with Gasteiger partial charge >= 0.3 is 12.1 Å². The summed E-state index contributed by atoms with van der Waals surface area (Å²) in [4.78, 5) is 37.4. The van der Waals surface area contributed by atoms with Gasteiger partial charge < -0.3 is 40.3 Å². The molecule has 0 aliphatic carbocycles. The molecule has 2 aromatic carbocycles. The van der Waals surface area contributed by atoms with Crippen LogP contribution in [-0.2, 0) is 16.0 Å². The van der Waals surface area contributed by atoms with Crippen LogP contribution in [0.4, 0.5) is 13.2 Å². The molecule has 11 nitrogen and oxygen atoms in total. The lowest BCUT2D eigenvalue weighted by molar-refractivity contribution is -0.192. The van der Waals surface area contributed by atoms with Gasteiger partial charge in [-0.3, -0.25) is 9.59 Å². The van der Waals surface area contributed by atoms with Gasteiger partial charge in [0.25, 0.3) is 5.91 Å². The summed E-state index contributed by atoms with van der Waals surface area (Å²) in [7, 11) is 0. The Kier molecular flexibility index (Phi) is 10.2. The lowest BCUT2D eigenvalue weighted by Gasteiger charge is -2.39. The highest BCUT2D eigenvalue weighted by Crippen LogP contribution is 2.42. The number of nitrogens with zero attached hydrogens (tertiary/aromatic N) is 2. The number of halogens is 4. The summed E-state index contributed by atoms with van der Waals surface area (Å²) in [6.45, 7) is 2.34. The van der Waals surface area contributed by atoms with Crippen molar-refractivity contribution in [3.8, 4) is 17.2 Å². The van der Waals surface area contributed by atoms with Crippen molar-refractivity contribution in [2.75, 3.05) is 32.8 Å². The monoisotopic (exact) mass is 643 g/mol. The maximum atomic E-state index is 13.1. The molecule has 15 heteroatoms. The number of aliphatic hydroxyl groups excluding tert-OH is 1. The van der Waals surface area contributed by atoms with Crippen molar-refractivity contribution in [3.05, 3.63) is 52.5 Å². The highest BCUT2D eigenvalue weighted by molar-refractivity contribution is 6.30. The van der Waals surface area contributed by atoms with Crippen molar-refractivity contribution in [1.29, 1.82) is 0 Å². The van der Waals surface area contributed by atoms with E-state index in [1.54, 1.807) is 0 Å². The van der Waals surface area contributed by atoms with Crippen LogP contribution < -0.4 is 15.2 Å². The summed E-state index contributed by atoms with van der Waals surface area (Å²) in [5.41, 5.74) is 6.60. The van der Waals surface area contributed by atoms with Gasteiger partial charge in [-0.2, -0.15) is 13.2 Å². The number of ether oxygens (including phenoxy) is 2. The molecule has 2 saturated heterocycles. The van der Waals surface area contributed by atoms with E-state index < -0.39 is 30.2 Å². The smallest absolute Gasteiger partial charge is 0.490 e. The molecule has 2 fully saturated rings. The second-order valence-corrected chi connectivity index (χ2v) is 11.5. The van der Waals surface area contributed by atoms with E-state index in [2.05, 4.69) is 4.90 Å². The Hall–Kier alpha value is -3.75. The standard InChI is InChI=1S/C27H32ClN3O6.C2HF3O2/c28-18-3-6-23-17(12-18)14-27(37-23)7-10-30(11-8-27)15-20(33)16-36-24-13-19(32)4-5-21(24)26(35)31-9-1-2-22(31)25(29)34;3-2(4,5)1(6)7/h3-6,12-13,20,22,32-33H,1-2,7-11,14-16H2,(H2,29,34);(H,6,7)/t20-,22-;/m0./s1. The fourth-order valence-electron chi connectivity index (χ4n) is 5.63. The largest absolute Gasteiger partial charge is 0.508 e. The molecule has 5 N–H and O–H groups in total. The first-order valence-electron chi connectivity index (χ1n) is 13.9. The molecule has 0 unspecified atom stereocenters. The highest BCUT2D eigenvalue weighted by Gasteiger charge is 2.42. The number of benzene rings is 2. The number of β-amino-alcohol motifs (C(OH)–C–C–N with tert-alkyl or cyclic N) is 1. The first kappa shape index (κ1) is 33.1. The minimum Gasteiger partial charge on any atom is -0.508 e. The fraction of sp³-hybridized carbons (Fsp3) is 0.483.